The first-order chi connectivity index (χ1) is 4.97. The summed E-state index contributed by atoms with van der Waals surface area (Å²) in [5.74, 6) is 1.24. The molecule has 53 valence electrons. The highest BCUT2D eigenvalue weighted by molar-refractivity contribution is 8.00. The van der Waals surface area contributed by atoms with Crippen LogP contribution in [0.15, 0.2) is 18.2 Å². The predicted octanol–water partition coefficient (Wildman–Crippen LogP) is 0.989. The second-order valence-corrected chi connectivity index (χ2v) is 3.79. The van der Waals surface area contributed by atoms with Crippen molar-refractivity contribution >= 4 is 11.8 Å². The number of fused-ring (bicyclic) bond motifs is 1. The SMILES string of the molecule is [C]1=CC2NCCSC2C=C1. The molecule has 2 atom stereocenters. The average molecular weight is 152 g/mol. The fourth-order valence-corrected chi connectivity index (χ4v) is 2.36. The van der Waals surface area contributed by atoms with Gasteiger partial charge in [-0.05, 0) is 6.08 Å². The average Bonchev–Trinajstić information content (AvgIpc) is 2.05. The van der Waals surface area contributed by atoms with E-state index < -0.39 is 0 Å². The standard InChI is InChI=1S/C8H10NS/c1-2-4-8-7(3-1)9-5-6-10-8/h2-4,7-9H,5-6H2. The van der Waals surface area contributed by atoms with E-state index >= 15 is 0 Å². The highest BCUT2D eigenvalue weighted by atomic mass is 32.2. The van der Waals surface area contributed by atoms with Gasteiger partial charge in [0.05, 0.1) is 0 Å². The van der Waals surface area contributed by atoms with Gasteiger partial charge in [0, 0.05) is 23.6 Å². The van der Waals surface area contributed by atoms with Crippen LogP contribution in [0.2, 0.25) is 0 Å². The lowest BCUT2D eigenvalue weighted by Crippen LogP contribution is -2.42. The van der Waals surface area contributed by atoms with Crippen LogP contribution in [-0.2, 0) is 0 Å². The topological polar surface area (TPSA) is 12.0 Å². The minimum Gasteiger partial charge on any atom is -0.308 e. The Morgan fingerprint density at radius 3 is 3.50 bits per heavy atom. The van der Waals surface area contributed by atoms with E-state index in [2.05, 4.69) is 23.5 Å². The lowest BCUT2D eigenvalue weighted by molar-refractivity contribution is 0.611. The van der Waals surface area contributed by atoms with Gasteiger partial charge in [0.15, 0.2) is 0 Å². The molecule has 2 heteroatoms. The van der Waals surface area contributed by atoms with Crippen LogP contribution in [0.5, 0.6) is 0 Å². The number of hydrogen-bond donors (Lipinski definition) is 1. The summed E-state index contributed by atoms with van der Waals surface area (Å²) in [5, 5.41) is 4.09. The van der Waals surface area contributed by atoms with Crippen LogP contribution >= 0.6 is 11.8 Å². The molecule has 1 fully saturated rings. The van der Waals surface area contributed by atoms with Crippen LogP contribution in [0.1, 0.15) is 0 Å². The Balaban J connectivity index is 2.09. The molecule has 10 heavy (non-hydrogen) atoms. The molecule has 1 saturated heterocycles. The van der Waals surface area contributed by atoms with E-state index in [0.717, 1.165) is 6.54 Å². The summed E-state index contributed by atoms with van der Waals surface area (Å²) in [6, 6.07) is 0.545. The largest absolute Gasteiger partial charge is 0.308 e. The molecule has 0 spiro atoms. The predicted molar refractivity (Wildman–Crippen MR) is 45.0 cm³/mol. The zero-order valence-corrected chi connectivity index (χ0v) is 6.53. The molecule has 1 aliphatic heterocycles. The summed E-state index contributed by atoms with van der Waals surface area (Å²) < 4.78 is 0. The van der Waals surface area contributed by atoms with Crippen molar-refractivity contribution in [1.82, 2.24) is 5.32 Å². The monoisotopic (exact) mass is 152 g/mol. The summed E-state index contributed by atoms with van der Waals surface area (Å²) in [5.41, 5.74) is 0. The van der Waals surface area contributed by atoms with Crippen molar-refractivity contribution < 1.29 is 0 Å². The molecule has 2 aliphatic rings. The van der Waals surface area contributed by atoms with Gasteiger partial charge >= 0.3 is 0 Å². The van der Waals surface area contributed by atoms with Crippen LogP contribution in [0.3, 0.4) is 0 Å². The molecule has 0 bridgehead atoms. The van der Waals surface area contributed by atoms with Crippen LogP contribution in [-0.4, -0.2) is 23.6 Å². The second kappa shape index (κ2) is 2.81. The Morgan fingerprint density at radius 2 is 2.60 bits per heavy atom. The molecule has 1 heterocycles. The molecular formula is C8H10NS. The van der Waals surface area contributed by atoms with Crippen LogP contribution in [0.25, 0.3) is 0 Å². The smallest absolute Gasteiger partial charge is 0.0420 e. The van der Waals surface area contributed by atoms with E-state index in [9.17, 15) is 0 Å². The third-order valence-corrected chi connectivity index (χ3v) is 3.08. The molecule has 0 amide bonds. The fourth-order valence-electron chi connectivity index (χ4n) is 1.28. The van der Waals surface area contributed by atoms with Crippen molar-refractivity contribution in [2.75, 3.05) is 12.3 Å². The number of allylic oxidation sites excluding steroid dienone is 2. The molecule has 1 nitrogen and oxygen atoms in total. The van der Waals surface area contributed by atoms with Crippen molar-refractivity contribution in [2.45, 2.75) is 11.3 Å². The summed E-state index contributed by atoms with van der Waals surface area (Å²) >= 11 is 2.03. The number of nitrogens with one attached hydrogen (secondary N) is 1. The minimum atomic E-state index is 0.545. The molecule has 1 radical (unpaired) electrons. The molecule has 2 rings (SSSR count). The fraction of sp³-hybridized carbons (Fsp3) is 0.500. The first kappa shape index (κ1) is 6.50. The maximum Gasteiger partial charge on any atom is 0.0420 e. The minimum absolute atomic E-state index is 0.545. The molecule has 1 aliphatic carbocycles. The van der Waals surface area contributed by atoms with E-state index in [1.165, 1.54) is 5.75 Å². The van der Waals surface area contributed by atoms with Crippen molar-refractivity contribution in [3.05, 3.63) is 24.3 Å². The highest BCUT2D eigenvalue weighted by Crippen LogP contribution is 2.22. The second-order valence-electron chi connectivity index (χ2n) is 2.51. The number of thioether (sulfide) groups is 1. The normalized spacial score (nSPS) is 37.6. The summed E-state index contributed by atoms with van der Waals surface area (Å²) in [6.45, 7) is 1.14. The Hall–Kier alpha value is -0.210. The van der Waals surface area contributed by atoms with Gasteiger partial charge in [-0.3, -0.25) is 0 Å². The van der Waals surface area contributed by atoms with Crippen molar-refractivity contribution in [3.8, 4) is 0 Å². The van der Waals surface area contributed by atoms with E-state index in [0.29, 0.717) is 11.3 Å². The summed E-state index contributed by atoms with van der Waals surface area (Å²) in [4.78, 5) is 0. The van der Waals surface area contributed by atoms with Gasteiger partial charge in [0.1, 0.15) is 0 Å². The van der Waals surface area contributed by atoms with Crippen LogP contribution in [0, 0.1) is 6.08 Å². The third-order valence-electron chi connectivity index (χ3n) is 1.80. The first-order valence-electron chi connectivity index (χ1n) is 3.58. The van der Waals surface area contributed by atoms with Crippen molar-refractivity contribution in [3.63, 3.8) is 0 Å². The van der Waals surface area contributed by atoms with Gasteiger partial charge in [0.2, 0.25) is 0 Å². The molecule has 0 saturated carbocycles. The molecule has 0 aromatic carbocycles. The Bertz CT molecular complexity index is 154. The molecular weight excluding hydrogens is 142 g/mol. The Morgan fingerprint density at radius 1 is 1.60 bits per heavy atom. The molecule has 2 unspecified atom stereocenters. The van der Waals surface area contributed by atoms with Gasteiger partial charge in [-0.15, -0.1) is 0 Å². The quantitative estimate of drug-likeness (QED) is 0.555. The third kappa shape index (κ3) is 1.13. The van der Waals surface area contributed by atoms with Gasteiger partial charge in [-0.2, -0.15) is 11.8 Å². The number of rotatable bonds is 0. The van der Waals surface area contributed by atoms with Gasteiger partial charge in [0.25, 0.3) is 0 Å². The summed E-state index contributed by atoms with van der Waals surface area (Å²) in [6.07, 6.45) is 9.46. The first-order valence-corrected chi connectivity index (χ1v) is 4.63. The van der Waals surface area contributed by atoms with Crippen LogP contribution in [0.4, 0.5) is 0 Å². The number of hydrogen-bond acceptors (Lipinski definition) is 2. The van der Waals surface area contributed by atoms with Crippen molar-refractivity contribution in [1.29, 1.82) is 0 Å². The van der Waals surface area contributed by atoms with Gasteiger partial charge < -0.3 is 5.32 Å². The van der Waals surface area contributed by atoms with Crippen molar-refractivity contribution in [2.24, 2.45) is 0 Å². The Labute approximate surface area is 65.6 Å². The molecule has 0 aromatic heterocycles. The van der Waals surface area contributed by atoms with E-state index in [1.807, 2.05) is 17.8 Å². The molecule has 1 N–H and O–H groups in total. The highest BCUT2D eigenvalue weighted by Gasteiger charge is 2.21. The lowest BCUT2D eigenvalue weighted by Gasteiger charge is -2.29. The van der Waals surface area contributed by atoms with Gasteiger partial charge in [-0.25, -0.2) is 0 Å². The maximum absolute atomic E-state index is 3.43. The maximum atomic E-state index is 3.43. The van der Waals surface area contributed by atoms with Crippen LogP contribution < -0.4 is 5.32 Å². The zero-order valence-electron chi connectivity index (χ0n) is 5.71. The zero-order chi connectivity index (χ0) is 6.81. The van der Waals surface area contributed by atoms with E-state index in [1.54, 1.807) is 0 Å². The van der Waals surface area contributed by atoms with Gasteiger partial charge in [-0.1, -0.05) is 18.2 Å². The van der Waals surface area contributed by atoms with E-state index in [-0.39, 0.29) is 0 Å². The molecule has 0 aromatic rings. The van der Waals surface area contributed by atoms with E-state index in [4.69, 9.17) is 0 Å². The summed E-state index contributed by atoms with van der Waals surface area (Å²) in [7, 11) is 0. The lowest BCUT2D eigenvalue weighted by atomic mass is 10.1. The Kier molecular flexibility index (Phi) is 1.82.